The zero-order valence-corrected chi connectivity index (χ0v) is 13.6. The largest absolute Gasteiger partial charge is 0.347 e. The van der Waals surface area contributed by atoms with E-state index < -0.39 is 0 Å². The summed E-state index contributed by atoms with van der Waals surface area (Å²) in [6.07, 6.45) is 5.01. The van der Waals surface area contributed by atoms with E-state index in [1.165, 1.54) is 6.08 Å². The number of halogens is 2. The minimum atomic E-state index is -0.192. The second kappa shape index (κ2) is 6.86. The van der Waals surface area contributed by atoms with Crippen molar-refractivity contribution < 1.29 is 4.79 Å². The Morgan fingerprint density at radius 1 is 1.17 bits per heavy atom. The van der Waals surface area contributed by atoms with Gasteiger partial charge < -0.3 is 5.32 Å². The van der Waals surface area contributed by atoms with Gasteiger partial charge in [-0.15, -0.1) is 0 Å². The van der Waals surface area contributed by atoms with Crippen LogP contribution in [0.3, 0.4) is 0 Å². The monoisotopic (exact) mass is 345 g/mol. The van der Waals surface area contributed by atoms with E-state index in [-0.39, 0.29) is 5.91 Å². The lowest BCUT2D eigenvalue weighted by molar-refractivity contribution is -0.116. The van der Waals surface area contributed by atoms with E-state index in [2.05, 4.69) is 10.3 Å². The fourth-order valence-corrected chi connectivity index (χ4v) is 2.43. The van der Waals surface area contributed by atoms with E-state index in [1.807, 2.05) is 24.3 Å². The molecule has 3 rings (SSSR count). The third-order valence-electron chi connectivity index (χ3n) is 3.23. The highest BCUT2D eigenvalue weighted by molar-refractivity contribution is 6.30. The van der Waals surface area contributed by atoms with E-state index in [0.717, 1.165) is 16.9 Å². The molecule has 3 aromatic rings. The molecule has 4 nitrogen and oxygen atoms in total. The molecule has 0 saturated carbocycles. The lowest BCUT2D eigenvalue weighted by atomic mass is 10.2. The van der Waals surface area contributed by atoms with Crippen molar-refractivity contribution in [2.24, 2.45) is 0 Å². The molecule has 116 valence electrons. The van der Waals surface area contributed by atoms with Crippen molar-refractivity contribution in [3.8, 4) is 0 Å². The van der Waals surface area contributed by atoms with Crippen molar-refractivity contribution >= 4 is 40.8 Å². The number of carbonyl (C=O) groups excluding carboxylic acids is 1. The molecule has 2 heterocycles. The Balaban J connectivity index is 1.61. The number of nitrogens with zero attached hydrogens (tertiary/aromatic N) is 2. The normalized spacial score (nSPS) is 11.2. The Bertz CT molecular complexity index is 869. The summed E-state index contributed by atoms with van der Waals surface area (Å²) in [5.74, 6) is -0.192. The first-order chi connectivity index (χ1) is 11.1. The molecular weight excluding hydrogens is 333 g/mol. The molecule has 0 bridgehead atoms. The van der Waals surface area contributed by atoms with E-state index in [4.69, 9.17) is 23.2 Å². The number of pyridine rings is 1. The Morgan fingerprint density at radius 3 is 2.70 bits per heavy atom. The zero-order chi connectivity index (χ0) is 16.2. The van der Waals surface area contributed by atoms with E-state index in [9.17, 15) is 4.79 Å². The van der Waals surface area contributed by atoms with Crippen LogP contribution in [0.1, 0.15) is 11.3 Å². The Hall–Kier alpha value is -2.30. The number of aromatic nitrogens is 2. The van der Waals surface area contributed by atoms with Gasteiger partial charge in [-0.2, -0.15) is 0 Å². The predicted octanol–water partition coefficient (Wildman–Crippen LogP) is 3.97. The maximum absolute atomic E-state index is 11.9. The molecule has 0 unspecified atom stereocenters. The van der Waals surface area contributed by atoms with Gasteiger partial charge in [0.05, 0.1) is 12.2 Å². The van der Waals surface area contributed by atoms with Gasteiger partial charge >= 0.3 is 0 Å². The summed E-state index contributed by atoms with van der Waals surface area (Å²) in [6.45, 7) is 0.335. The number of benzene rings is 1. The van der Waals surface area contributed by atoms with Crippen LogP contribution in [0.15, 0.2) is 54.7 Å². The van der Waals surface area contributed by atoms with E-state index in [1.54, 1.807) is 34.9 Å². The minimum absolute atomic E-state index is 0.192. The maximum atomic E-state index is 11.9. The number of amides is 1. The standard InChI is InChI=1S/C17H13Cl2N3O/c18-13-7-4-12(5-8-13)6-9-17(23)20-10-14-11-22-15(19)2-1-3-16(22)21-14/h1-9,11H,10H2,(H,20,23)/b9-6+. The van der Waals surface area contributed by atoms with E-state index >= 15 is 0 Å². The first-order valence-corrected chi connectivity index (χ1v) is 7.71. The summed E-state index contributed by atoms with van der Waals surface area (Å²) in [6, 6.07) is 12.7. The van der Waals surface area contributed by atoms with Crippen molar-refractivity contribution in [3.63, 3.8) is 0 Å². The van der Waals surface area contributed by atoms with Crippen LogP contribution in [-0.4, -0.2) is 15.3 Å². The Kier molecular flexibility index (Phi) is 4.65. The molecule has 1 N–H and O–H groups in total. The molecule has 0 saturated heterocycles. The zero-order valence-electron chi connectivity index (χ0n) is 12.0. The smallest absolute Gasteiger partial charge is 0.244 e. The van der Waals surface area contributed by atoms with Crippen LogP contribution in [-0.2, 0) is 11.3 Å². The van der Waals surface area contributed by atoms with Crippen molar-refractivity contribution in [3.05, 3.63) is 76.2 Å². The van der Waals surface area contributed by atoms with Gasteiger partial charge in [-0.05, 0) is 35.9 Å². The number of fused-ring (bicyclic) bond motifs is 1. The van der Waals surface area contributed by atoms with Crippen LogP contribution in [0, 0.1) is 0 Å². The Morgan fingerprint density at radius 2 is 1.96 bits per heavy atom. The van der Waals surface area contributed by atoms with Crippen molar-refractivity contribution in [2.75, 3.05) is 0 Å². The molecule has 0 aliphatic heterocycles. The maximum Gasteiger partial charge on any atom is 0.244 e. The van der Waals surface area contributed by atoms with Gasteiger partial charge in [0.25, 0.3) is 0 Å². The van der Waals surface area contributed by atoms with Crippen LogP contribution in [0.4, 0.5) is 0 Å². The van der Waals surface area contributed by atoms with Gasteiger partial charge in [0.15, 0.2) is 0 Å². The van der Waals surface area contributed by atoms with Gasteiger partial charge in [0, 0.05) is 17.3 Å². The second-order valence-corrected chi connectivity index (χ2v) is 5.74. The van der Waals surface area contributed by atoms with Gasteiger partial charge in [0.1, 0.15) is 10.8 Å². The number of carbonyl (C=O) groups is 1. The fraction of sp³-hybridized carbons (Fsp3) is 0.0588. The lowest BCUT2D eigenvalue weighted by Crippen LogP contribution is -2.20. The molecular formula is C17H13Cl2N3O. The molecule has 6 heteroatoms. The van der Waals surface area contributed by atoms with Crippen LogP contribution >= 0.6 is 23.2 Å². The van der Waals surface area contributed by atoms with Crippen molar-refractivity contribution in [1.82, 2.24) is 14.7 Å². The molecule has 0 radical (unpaired) electrons. The molecule has 0 spiro atoms. The predicted molar refractivity (Wildman–Crippen MR) is 92.5 cm³/mol. The van der Waals surface area contributed by atoms with Crippen LogP contribution in [0.5, 0.6) is 0 Å². The van der Waals surface area contributed by atoms with Gasteiger partial charge in [-0.1, -0.05) is 41.4 Å². The Labute approximate surface area is 143 Å². The molecule has 0 aliphatic carbocycles. The number of nitrogens with one attached hydrogen (secondary N) is 1. The molecule has 23 heavy (non-hydrogen) atoms. The van der Waals surface area contributed by atoms with E-state index in [0.29, 0.717) is 16.7 Å². The highest BCUT2D eigenvalue weighted by Crippen LogP contribution is 2.13. The lowest BCUT2D eigenvalue weighted by Gasteiger charge is -1.98. The molecule has 1 aromatic carbocycles. The van der Waals surface area contributed by atoms with Crippen LogP contribution in [0.2, 0.25) is 10.2 Å². The average Bonchev–Trinajstić information content (AvgIpc) is 2.97. The number of hydrogen-bond acceptors (Lipinski definition) is 2. The molecule has 0 aliphatic rings. The third-order valence-corrected chi connectivity index (χ3v) is 3.79. The third kappa shape index (κ3) is 3.92. The summed E-state index contributed by atoms with van der Waals surface area (Å²) >= 11 is 11.9. The summed E-state index contributed by atoms with van der Waals surface area (Å²) in [7, 11) is 0. The SMILES string of the molecule is O=C(/C=C/c1ccc(Cl)cc1)NCc1cn2c(Cl)cccc2n1. The minimum Gasteiger partial charge on any atom is -0.347 e. The van der Waals surface area contributed by atoms with Crippen LogP contribution < -0.4 is 5.32 Å². The summed E-state index contributed by atoms with van der Waals surface area (Å²) < 4.78 is 1.77. The summed E-state index contributed by atoms with van der Waals surface area (Å²) in [4.78, 5) is 16.3. The summed E-state index contributed by atoms with van der Waals surface area (Å²) in [5, 5.41) is 4.03. The molecule has 2 aromatic heterocycles. The summed E-state index contributed by atoms with van der Waals surface area (Å²) in [5.41, 5.74) is 2.40. The van der Waals surface area contributed by atoms with Gasteiger partial charge in [-0.25, -0.2) is 4.98 Å². The topological polar surface area (TPSA) is 46.4 Å². The first-order valence-electron chi connectivity index (χ1n) is 6.96. The molecule has 0 atom stereocenters. The van der Waals surface area contributed by atoms with Gasteiger partial charge in [0.2, 0.25) is 5.91 Å². The van der Waals surface area contributed by atoms with Crippen molar-refractivity contribution in [2.45, 2.75) is 6.54 Å². The number of imidazole rings is 1. The number of hydrogen-bond donors (Lipinski definition) is 1. The first kappa shape index (κ1) is 15.6. The van der Waals surface area contributed by atoms with Crippen LogP contribution in [0.25, 0.3) is 11.7 Å². The highest BCUT2D eigenvalue weighted by Gasteiger charge is 2.04. The fourth-order valence-electron chi connectivity index (χ4n) is 2.10. The molecule has 1 amide bonds. The highest BCUT2D eigenvalue weighted by atomic mass is 35.5. The van der Waals surface area contributed by atoms with Crippen molar-refractivity contribution in [1.29, 1.82) is 0 Å². The average molecular weight is 346 g/mol. The molecule has 0 fully saturated rings. The van der Waals surface area contributed by atoms with Gasteiger partial charge in [-0.3, -0.25) is 9.20 Å². The quantitative estimate of drug-likeness (QED) is 0.574. The second-order valence-electron chi connectivity index (χ2n) is 4.91. The number of rotatable bonds is 4.